The summed E-state index contributed by atoms with van der Waals surface area (Å²) in [6, 6.07) is 16.2. The molecule has 5 N–H and O–H groups in total. The van der Waals surface area contributed by atoms with Crippen LogP contribution in [-0.4, -0.2) is 30.8 Å². The van der Waals surface area contributed by atoms with Gasteiger partial charge in [-0.25, -0.2) is 4.79 Å². The topological polar surface area (TPSA) is 93.6 Å². The van der Waals surface area contributed by atoms with Crippen molar-refractivity contribution in [2.24, 2.45) is 0 Å². The Hall–Kier alpha value is -2.89. The highest BCUT2D eigenvalue weighted by Gasteiger charge is 2.30. The van der Waals surface area contributed by atoms with Gasteiger partial charge in [0.25, 0.3) is 0 Å². The zero-order valence-corrected chi connectivity index (χ0v) is 17.5. The number of nitrogens with two attached hydrogens (primary N) is 2. The fraction of sp³-hybridized carbons (Fsp3) is 0.435. The number of hydrogen-bond donors (Lipinski definition) is 3. The second-order valence-corrected chi connectivity index (χ2v) is 8.71. The van der Waals surface area contributed by atoms with Gasteiger partial charge in [0.1, 0.15) is 5.60 Å². The van der Waals surface area contributed by atoms with E-state index >= 15 is 0 Å². The van der Waals surface area contributed by atoms with Crippen LogP contribution in [0.25, 0.3) is 0 Å². The third-order valence-electron chi connectivity index (χ3n) is 5.23. The maximum absolute atomic E-state index is 12.2. The minimum Gasteiger partial charge on any atom is -0.444 e. The lowest BCUT2D eigenvalue weighted by Gasteiger charge is -2.41. The van der Waals surface area contributed by atoms with Crippen LogP contribution >= 0.6 is 0 Å². The molecule has 0 spiro atoms. The van der Waals surface area contributed by atoms with E-state index in [1.807, 2.05) is 57.2 Å². The summed E-state index contributed by atoms with van der Waals surface area (Å²) >= 11 is 0. The molecular weight excluding hydrogens is 364 g/mol. The van der Waals surface area contributed by atoms with Gasteiger partial charge < -0.3 is 26.4 Å². The number of piperidine rings is 1. The Morgan fingerprint density at radius 2 is 1.66 bits per heavy atom. The fourth-order valence-electron chi connectivity index (χ4n) is 3.84. The minimum absolute atomic E-state index is 0.155. The van der Waals surface area contributed by atoms with E-state index < -0.39 is 5.60 Å². The van der Waals surface area contributed by atoms with Crippen molar-refractivity contribution in [2.45, 2.75) is 51.2 Å². The number of nitrogens with one attached hydrogen (secondary N) is 1. The zero-order valence-electron chi connectivity index (χ0n) is 17.5. The predicted octanol–water partition coefficient (Wildman–Crippen LogP) is 4.13. The first-order valence-corrected chi connectivity index (χ1v) is 10.2. The molecular formula is C23H32N4O2. The van der Waals surface area contributed by atoms with E-state index in [4.69, 9.17) is 16.2 Å². The van der Waals surface area contributed by atoms with Crippen molar-refractivity contribution in [3.8, 4) is 0 Å². The molecule has 156 valence electrons. The second kappa shape index (κ2) is 8.64. The van der Waals surface area contributed by atoms with Crippen LogP contribution in [0.1, 0.15) is 45.1 Å². The SMILES string of the molecule is CC(C)(C)OC(=O)NCC1CC(c2ccc(N)cc2)CCN1c1ccc(N)cc1. The molecule has 0 radical (unpaired) electrons. The normalized spacial score (nSPS) is 19.6. The maximum atomic E-state index is 12.2. The van der Waals surface area contributed by atoms with Gasteiger partial charge in [-0.05, 0) is 81.5 Å². The quantitative estimate of drug-likeness (QED) is 0.676. The Morgan fingerprint density at radius 3 is 2.24 bits per heavy atom. The smallest absolute Gasteiger partial charge is 0.407 e. The van der Waals surface area contributed by atoms with E-state index in [0.29, 0.717) is 12.5 Å². The standard InChI is InChI=1S/C23H32N4O2/c1-23(2,3)29-22(28)26-15-21-14-17(16-4-6-18(24)7-5-16)12-13-27(21)20-10-8-19(25)9-11-20/h4-11,17,21H,12-15,24-25H2,1-3H3,(H,26,28). The number of rotatable bonds is 4. The molecule has 0 bridgehead atoms. The van der Waals surface area contributed by atoms with Gasteiger partial charge in [-0.3, -0.25) is 0 Å². The van der Waals surface area contributed by atoms with E-state index in [1.54, 1.807) is 0 Å². The molecule has 6 heteroatoms. The van der Waals surface area contributed by atoms with Gasteiger partial charge in [0, 0.05) is 36.2 Å². The molecule has 2 unspecified atom stereocenters. The van der Waals surface area contributed by atoms with Crippen LogP contribution in [0.15, 0.2) is 48.5 Å². The van der Waals surface area contributed by atoms with E-state index in [-0.39, 0.29) is 12.1 Å². The zero-order chi connectivity index (χ0) is 21.0. The molecule has 2 aromatic carbocycles. The summed E-state index contributed by atoms with van der Waals surface area (Å²) in [5.41, 5.74) is 15.1. The third kappa shape index (κ3) is 5.79. The average Bonchev–Trinajstić information content (AvgIpc) is 2.66. The van der Waals surface area contributed by atoms with Gasteiger partial charge in [0.05, 0.1) is 0 Å². The molecule has 3 rings (SSSR count). The Bertz CT molecular complexity index is 812. The first kappa shape index (κ1) is 20.8. The largest absolute Gasteiger partial charge is 0.444 e. The Labute approximate surface area is 173 Å². The number of ether oxygens (including phenoxy) is 1. The highest BCUT2D eigenvalue weighted by molar-refractivity contribution is 5.68. The molecule has 0 aliphatic carbocycles. The van der Waals surface area contributed by atoms with Crippen LogP contribution in [0.3, 0.4) is 0 Å². The van der Waals surface area contributed by atoms with Gasteiger partial charge in [0.2, 0.25) is 0 Å². The van der Waals surface area contributed by atoms with Crippen LogP contribution in [-0.2, 0) is 4.74 Å². The van der Waals surface area contributed by atoms with Gasteiger partial charge in [-0.2, -0.15) is 0 Å². The number of anilines is 3. The third-order valence-corrected chi connectivity index (χ3v) is 5.23. The lowest BCUT2D eigenvalue weighted by molar-refractivity contribution is 0.0522. The highest BCUT2D eigenvalue weighted by Crippen LogP contribution is 2.34. The van der Waals surface area contributed by atoms with Crippen LogP contribution in [0.4, 0.5) is 21.9 Å². The fourth-order valence-corrected chi connectivity index (χ4v) is 3.84. The van der Waals surface area contributed by atoms with E-state index in [1.165, 1.54) is 5.56 Å². The van der Waals surface area contributed by atoms with Crippen molar-refractivity contribution in [1.29, 1.82) is 0 Å². The molecule has 1 heterocycles. The van der Waals surface area contributed by atoms with Gasteiger partial charge in [-0.1, -0.05) is 12.1 Å². The molecule has 1 saturated heterocycles. The van der Waals surface area contributed by atoms with Crippen LogP contribution in [0, 0.1) is 0 Å². The summed E-state index contributed by atoms with van der Waals surface area (Å²) in [6.07, 6.45) is 1.59. The number of carbonyl (C=O) groups excluding carboxylic acids is 1. The highest BCUT2D eigenvalue weighted by atomic mass is 16.6. The van der Waals surface area contributed by atoms with Crippen LogP contribution < -0.4 is 21.7 Å². The number of hydrogen-bond acceptors (Lipinski definition) is 5. The predicted molar refractivity (Wildman–Crippen MR) is 119 cm³/mol. The summed E-state index contributed by atoms with van der Waals surface area (Å²) in [5, 5.41) is 2.95. The van der Waals surface area contributed by atoms with Crippen LogP contribution in [0.2, 0.25) is 0 Å². The molecule has 1 amide bonds. The number of amides is 1. The summed E-state index contributed by atoms with van der Waals surface area (Å²) in [5.74, 6) is 0.422. The van der Waals surface area contributed by atoms with Crippen molar-refractivity contribution in [3.05, 3.63) is 54.1 Å². The average molecular weight is 397 g/mol. The lowest BCUT2D eigenvalue weighted by Crippen LogP contribution is -2.49. The first-order valence-electron chi connectivity index (χ1n) is 10.2. The second-order valence-electron chi connectivity index (χ2n) is 8.71. The van der Waals surface area contributed by atoms with Crippen molar-refractivity contribution in [1.82, 2.24) is 5.32 Å². The number of nitrogens with zero attached hydrogens (tertiary/aromatic N) is 1. The molecule has 2 atom stereocenters. The van der Waals surface area contributed by atoms with Crippen LogP contribution in [0.5, 0.6) is 0 Å². The van der Waals surface area contributed by atoms with Crippen molar-refractivity contribution in [2.75, 3.05) is 29.5 Å². The molecule has 0 saturated carbocycles. The maximum Gasteiger partial charge on any atom is 0.407 e. The van der Waals surface area contributed by atoms with Crippen molar-refractivity contribution < 1.29 is 9.53 Å². The number of benzene rings is 2. The molecule has 0 aromatic heterocycles. The van der Waals surface area contributed by atoms with Gasteiger partial charge in [0.15, 0.2) is 0 Å². The minimum atomic E-state index is -0.514. The molecule has 1 aliphatic heterocycles. The molecule has 1 fully saturated rings. The number of nitrogen functional groups attached to an aromatic ring is 2. The molecule has 6 nitrogen and oxygen atoms in total. The summed E-state index contributed by atoms with van der Waals surface area (Å²) < 4.78 is 5.41. The van der Waals surface area contributed by atoms with E-state index in [0.717, 1.165) is 36.4 Å². The van der Waals surface area contributed by atoms with Crippen molar-refractivity contribution >= 4 is 23.2 Å². The van der Waals surface area contributed by atoms with Gasteiger partial charge >= 0.3 is 6.09 Å². The Balaban J connectivity index is 1.74. The lowest BCUT2D eigenvalue weighted by atomic mass is 9.85. The Morgan fingerprint density at radius 1 is 1.07 bits per heavy atom. The molecule has 1 aliphatic rings. The van der Waals surface area contributed by atoms with E-state index in [2.05, 4.69) is 22.3 Å². The van der Waals surface area contributed by atoms with Gasteiger partial charge in [-0.15, -0.1) is 0 Å². The summed E-state index contributed by atoms with van der Waals surface area (Å²) in [4.78, 5) is 14.5. The number of alkyl carbamates (subject to hydrolysis) is 1. The summed E-state index contributed by atoms with van der Waals surface area (Å²) in [6.45, 7) is 7.02. The Kier molecular flexibility index (Phi) is 6.20. The van der Waals surface area contributed by atoms with Crippen molar-refractivity contribution in [3.63, 3.8) is 0 Å². The molecule has 29 heavy (non-hydrogen) atoms. The first-order chi connectivity index (χ1) is 13.7. The number of carbonyl (C=O) groups is 1. The molecule has 2 aromatic rings. The monoisotopic (exact) mass is 396 g/mol. The van der Waals surface area contributed by atoms with E-state index in [9.17, 15) is 4.79 Å². The summed E-state index contributed by atoms with van der Waals surface area (Å²) in [7, 11) is 0.